The first kappa shape index (κ1) is 13.5. The highest BCUT2D eigenvalue weighted by Crippen LogP contribution is 2.34. The van der Waals surface area contributed by atoms with Crippen molar-refractivity contribution in [2.24, 2.45) is 0 Å². The van der Waals surface area contributed by atoms with Crippen LogP contribution in [-0.2, 0) is 0 Å². The van der Waals surface area contributed by atoms with E-state index in [0.29, 0.717) is 12.4 Å². The summed E-state index contributed by atoms with van der Waals surface area (Å²) in [4.78, 5) is 6.14. The summed E-state index contributed by atoms with van der Waals surface area (Å²) >= 11 is 5.03. The van der Waals surface area contributed by atoms with Gasteiger partial charge < -0.3 is 9.84 Å². The summed E-state index contributed by atoms with van der Waals surface area (Å²) in [5.41, 5.74) is 0.745. The molecule has 18 heavy (non-hydrogen) atoms. The largest absolute Gasteiger partial charge is 0.492 e. The lowest BCUT2D eigenvalue weighted by Crippen LogP contribution is -1.99. The molecule has 1 N–H and O–H groups in total. The Morgan fingerprint density at radius 3 is 2.83 bits per heavy atom. The lowest BCUT2D eigenvalue weighted by molar-refractivity contribution is 0.222. The Labute approximate surface area is 119 Å². The second-order valence-corrected chi connectivity index (χ2v) is 5.98. The maximum Gasteiger partial charge on any atom is 0.137 e. The number of thiophene rings is 1. The van der Waals surface area contributed by atoms with Gasteiger partial charge in [0, 0.05) is 26.0 Å². The zero-order valence-corrected chi connectivity index (χ0v) is 12.6. The highest BCUT2D eigenvalue weighted by Gasteiger charge is 2.15. The zero-order chi connectivity index (χ0) is 13.1. The summed E-state index contributed by atoms with van der Waals surface area (Å²) in [5.74, 6) is 0.682. The van der Waals surface area contributed by atoms with E-state index < -0.39 is 6.10 Å². The first-order chi connectivity index (χ1) is 8.61. The first-order valence-electron chi connectivity index (χ1n) is 5.63. The van der Waals surface area contributed by atoms with Crippen LogP contribution in [0.4, 0.5) is 0 Å². The molecule has 2 aromatic heterocycles. The second-order valence-electron chi connectivity index (χ2n) is 3.84. The van der Waals surface area contributed by atoms with Crippen LogP contribution in [0.15, 0.2) is 29.0 Å². The molecule has 0 amide bonds. The van der Waals surface area contributed by atoms with Crippen molar-refractivity contribution in [1.82, 2.24) is 4.98 Å². The molecule has 1 unspecified atom stereocenters. The highest BCUT2D eigenvalue weighted by molar-refractivity contribution is 9.10. The minimum Gasteiger partial charge on any atom is -0.492 e. The molecule has 2 rings (SSSR count). The van der Waals surface area contributed by atoms with Gasteiger partial charge in [-0.05, 0) is 41.9 Å². The number of pyridine rings is 1. The van der Waals surface area contributed by atoms with E-state index in [2.05, 4.69) is 20.9 Å². The van der Waals surface area contributed by atoms with Gasteiger partial charge in [-0.15, -0.1) is 11.3 Å². The summed E-state index contributed by atoms with van der Waals surface area (Å²) in [5, 5.41) is 10.3. The Kier molecular flexibility index (Phi) is 4.37. The number of halogens is 1. The van der Waals surface area contributed by atoms with Gasteiger partial charge in [-0.2, -0.15) is 0 Å². The molecule has 0 aliphatic heterocycles. The fraction of sp³-hybridized carbons (Fsp3) is 0.308. The summed E-state index contributed by atoms with van der Waals surface area (Å²) in [6.07, 6.45) is 2.65. The van der Waals surface area contributed by atoms with Crippen molar-refractivity contribution < 1.29 is 9.84 Å². The molecule has 0 aliphatic rings. The minimum atomic E-state index is -0.659. The molecular weight excluding hydrogens is 314 g/mol. The van der Waals surface area contributed by atoms with Crippen molar-refractivity contribution in [2.45, 2.75) is 20.0 Å². The lowest BCUT2D eigenvalue weighted by Gasteiger charge is -2.10. The van der Waals surface area contributed by atoms with E-state index in [1.54, 1.807) is 23.7 Å². The van der Waals surface area contributed by atoms with E-state index >= 15 is 0 Å². The number of aryl methyl sites for hydroxylation is 1. The van der Waals surface area contributed by atoms with Crippen molar-refractivity contribution in [3.63, 3.8) is 0 Å². The summed E-state index contributed by atoms with van der Waals surface area (Å²) in [6.45, 7) is 4.52. The van der Waals surface area contributed by atoms with Crippen molar-refractivity contribution in [3.8, 4) is 5.75 Å². The number of aliphatic hydroxyl groups excluding tert-OH is 1. The lowest BCUT2D eigenvalue weighted by atomic mass is 10.1. The first-order valence-corrected chi connectivity index (χ1v) is 7.24. The van der Waals surface area contributed by atoms with E-state index in [1.165, 1.54) is 0 Å². The van der Waals surface area contributed by atoms with Gasteiger partial charge in [0.15, 0.2) is 0 Å². The molecule has 5 heteroatoms. The molecule has 0 radical (unpaired) electrons. The van der Waals surface area contributed by atoms with Gasteiger partial charge in [0.05, 0.1) is 12.8 Å². The number of hydrogen-bond donors (Lipinski definition) is 1. The molecule has 96 valence electrons. The summed E-state index contributed by atoms with van der Waals surface area (Å²) in [6, 6.07) is 3.77. The van der Waals surface area contributed by atoms with Crippen LogP contribution in [0.5, 0.6) is 5.75 Å². The smallest absolute Gasteiger partial charge is 0.137 e. The van der Waals surface area contributed by atoms with Crippen LogP contribution >= 0.6 is 27.3 Å². The maximum atomic E-state index is 10.3. The molecule has 1 atom stereocenters. The van der Waals surface area contributed by atoms with Crippen LogP contribution in [0.25, 0.3) is 0 Å². The monoisotopic (exact) mass is 327 g/mol. The Morgan fingerprint density at radius 1 is 1.44 bits per heavy atom. The number of hydrogen-bond acceptors (Lipinski definition) is 4. The topological polar surface area (TPSA) is 42.4 Å². The Bertz CT molecular complexity index is 522. The minimum absolute atomic E-state index is 0.588. The number of aliphatic hydroxyl groups is 1. The zero-order valence-electron chi connectivity index (χ0n) is 10.2. The third-order valence-electron chi connectivity index (χ3n) is 2.51. The van der Waals surface area contributed by atoms with E-state index in [-0.39, 0.29) is 0 Å². The molecule has 2 heterocycles. The Morgan fingerprint density at radius 2 is 2.22 bits per heavy atom. The predicted octanol–water partition coefficient (Wildman–Crippen LogP) is 3.69. The van der Waals surface area contributed by atoms with Gasteiger partial charge in [0.25, 0.3) is 0 Å². The Hall–Kier alpha value is -0.910. The summed E-state index contributed by atoms with van der Waals surface area (Å²) in [7, 11) is 0. The molecule has 0 aliphatic carbocycles. The normalized spacial score (nSPS) is 12.4. The van der Waals surface area contributed by atoms with Crippen LogP contribution in [0.2, 0.25) is 0 Å². The van der Waals surface area contributed by atoms with Crippen molar-refractivity contribution in [3.05, 3.63) is 44.3 Å². The standard InChI is InChI=1S/C13H14BrNO2S/c1-3-17-10-4-9(6-15-7-10)13(16)12-5-11(14)8(2)18-12/h4-7,13,16H,3H2,1-2H3. The van der Waals surface area contributed by atoms with Crippen molar-refractivity contribution >= 4 is 27.3 Å². The molecule has 0 saturated carbocycles. The third-order valence-corrected chi connectivity index (χ3v) is 4.70. The number of nitrogens with zero attached hydrogens (tertiary/aromatic N) is 1. The van der Waals surface area contributed by atoms with Crippen LogP contribution in [0.3, 0.4) is 0 Å². The summed E-state index contributed by atoms with van der Waals surface area (Å²) < 4.78 is 6.41. The second kappa shape index (κ2) is 5.82. The Balaban J connectivity index is 2.27. The molecule has 0 aromatic carbocycles. The predicted molar refractivity (Wildman–Crippen MR) is 76.2 cm³/mol. The van der Waals surface area contributed by atoms with Crippen LogP contribution in [0.1, 0.15) is 28.3 Å². The van der Waals surface area contributed by atoms with E-state index in [9.17, 15) is 5.11 Å². The number of ether oxygens (including phenoxy) is 1. The van der Waals surface area contributed by atoms with E-state index in [4.69, 9.17) is 4.74 Å². The average molecular weight is 328 g/mol. The van der Waals surface area contributed by atoms with Gasteiger partial charge in [-0.25, -0.2) is 0 Å². The SMILES string of the molecule is CCOc1cncc(C(O)c2cc(Br)c(C)s2)c1. The molecule has 0 spiro atoms. The molecular formula is C13H14BrNO2S. The van der Waals surface area contributed by atoms with Crippen molar-refractivity contribution in [2.75, 3.05) is 6.61 Å². The third kappa shape index (κ3) is 2.91. The van der Waals surface area contributed by atoms with Gasteiger partial charge in [0.1, 0.15) is 11.9 Å². The van der Waals surface area contributed by atoms with E-state index in [0.717, 1.165) is 19.8 Å². The fourth-order valence-corrected chi connectivity index (χ4v) is 3.19. The van der Waals surface area contributed by atoms with Crippen LogP contribution in [0, 0.1) is 6.92 Å². The van der Waals surface area contributed by atoms with E-state index in [1.807, 2.05) is 26.0 Å². The maximum absolute atomic E-state index is 10.3. The number of rotatable bonds is 4. The quantitative estimate of drug-likeness (QED) is 0.931. The molecule has 3 nitrogen and oxygen atoms in total. The highest BCUT2D eigenvalue weighted by atomic mass is 79.9. The fourth-order valence-electron chi connectivity index (χ4n) is 1.61. The molecule has 0 saturated heterocycles. The molecule has 0 bridgehead atoms. The van der Waals surface area contributed by atoms with Gasteiger partial charge in [-0.1, -0.05) is 0 Å². The average Bonchev–Trinajstić information content (AvgIpc) is 2.69. The molecule has 0 fully saturated rings. The van der Waals surface area contributed by atoms with Crippen LogP contribution < -0.4 is 4.74 Å². The van der Waals surface area contributed by atoms with Crippen LogP contribution in [-0.4, -0.2) is 16.7 Å². The number of aromatic nitrogens is 1. The van der Waals surface area contributed by atoms with Crippen molar-refractivity contribution in [1.29, 1.82) is 0 Å². The van der Waals surface area contributed by atoms with Gasteiger partial charge >= 0.3 is 0 Å². The van der Waals surface area contributed by atoms with Gasteiger partial charge in [0.2, 0.25) is 0 Å². The molecule has 2 aromatic rings. The van der Waals surface area contributed by atoms with Gasteiger partial charge in [-0.3, -0.25) is 4.98 Å².